The molecule has 1 aromatic heterocycles. The lowest BCUT2D eigenvalue weighted by Crippen LogP contribution is -2.35. The molecule has 0 bridgehead atoms. The standard InChI is InChI=1S/C20H21N3O2S/c1-12-9-13(2)18-16(10-12)26-20(23-18)22-17(24)11-14(3)21-19(25)15-7-5-4-6-8-15/h4-10,14H,11H2,1-3H3,(H,21,25)(H,22,23,24). The van der Waals surface area contributed by atoms with Crippen molar-refractivity contribution in [1.82, 2.24) is 10.3 Å². The Morgan fingerprint density at radius 3 is 2.62 bits per heavy atom. The SMILES string of the molecule is Cc1cc(C)c2nc(NC(=O)CC(C)NC(=O)c3ccccc3)sc2c1. The molecule has 2 N–H and O–H groups in total. The van der Waals surface area contributed by atoms with Gasteiger partial charge >= 0.3 is 0 Å². The van der Waals surface area contributed by atoms with Crippen molar-refractivity contribution in [2.45, 2.75) is 33.2 Å². The third-order valence-corrected chi connectivity index (χ3v) is 4.90. The van der Waals surface area contributed by atoms with E-state index < -0.39 is 0 Å². The molecule has 0 spiro atoms. The first-order valence-corrected chi connectivity index (χ1v) is 9.27. The van der Waals surface area contributed by atoms with E-state index in [2.05, 4.69) is 27.8 Å². The van der Waals surface area contributed by atoms with Crippen LogP contribution < -0.4 is 10.6 Å². The number of nitrogens with zero attached hydrogens (tertiary/aromatic N) is 1. The second-order valence-electron chi connectivity index (χ2n) is 6.44. The number of thiazole rings is 1. The molecule has 1 atom stereocenters. The van der Waals surface area contributed by atoms with Crippen molar-refractivity contribution in [3.8, 4) is 0 Å². The van der Waals surface area contributed by atoms with Gasteiger partial charge in [0.1, 0.15) is 0 Å². The van der Waals surface area contributed by atoms with Crippen LogP contribution in [0.5, 0.6) is 0 Å². The van der Waals surface area contributed by atoms with Crippen molar-refractivity contribution in [3.63, 3.8) is 0 Å². The maximum absolute atomic E-state index is 12.3. The maximum atomic E-state index is 12.3. The summed E-state index contributed by atoms with van der Waals surface area (Å²) in [5.41, 5.74) is 3.77. The zero-order chi connectivity index (χ0) is 18.7. The summed E-state index contributed by atoms with van der Waals surface area (Å²) in [6.07, 6.45) is 0.187. The molecule has 0 aliphatic carbocycles. The van der Waals surface area contributed by atoms with Crippen LogP contribution in [0.2, 0.25) is 0 Å². The Labute approximate surface area is 156 Å². The average Bonchev–Trinajstić information content (AvgIpc) is 2.97. The number of fused-ring (bicyclic) bond motifs is 1. The van der Waals surface area contributed by atoms with Crippen molar-refractivity contribution in [1.29, 1.82) is 0 Å². The molecule has 0 fully saturated rings. The predicted molar refractivity (Wildman–Crippen MR) is 106 cm³/mol. The number of nitrogens with one attached hydrogen (secondary N) is 2. The minimum Gasteiger partial charge on any atom is -0.349 e. The molecule has 0 aliphatic rings. The molecule has 6 heteroatoms. The first-order chi connectivity index (χ1) is 12.4. The highest BCUT2D eigenvalue weighted by Crippen LogP contribution is 2.29. The minimum absolute atomic E-state index is 0.167. The molecule has 2 amide bonds. The van der Waals surface area contributed by atoms with E-state index in [0.29, 0.717) is 10.7 Å². The fourth-order valence-electron chi connectivity index (χ4n) is 2.82. The van der Waals surface area contributed by atoms with Crippen LogP contribution in [0.25, 0.3) is 10.2 Å². The van der Waals surface area contributed by atoms with Gasteiger partial charge in [-0.15, -0.1) is 0 Å². The molecular weight excluding hydrogens is 346 g/mol. The van der Waals surface area contributed by atoms with E-state index in [0.717, 1.165) is 15.8 Å². The Bertz CT molecular complexity index is 950. The molecule has 1 unspecified atom stereocenters. The lowest BCUT2D eigenvalue weighted by Gasteiger charge is -2.13. The lowest BCUT2D eigenvalue weighted by atomic mass is 10.1. The second kappa shape index (κ2) is 7.66. The zero-order valence-electron chi connectivity index (χ0n) is 15.0. The quantitative estimate of drug-likeness (QED) is 0.714. The summed E-state index contributed by atoms with van der Waals surface area (Å²) in [4.78, 5) is 28.9. The summed E-state index contributed by atoms with van der Waals surface area (Å²) >= 11 is 1.46. The van der Waals surface area contributed by atoms with E-state index in [1.54, 1.807) is 12.1 Å². The maximum Gasteiger partial charge on any atom is 0.251 e. The summed E-state index contributed by atoms with van der Waals surface area (Å²) in [5.74, 6) is -0.351. The first-order valence-electron chi connectivity index (χ1n) is 8.46. The highest BCUT2D eigenvalue weighted by Gasteiger charge is 2.15. The normalized spacial score (nSPS) is 12.0. The van der Waals surface area contributed by atoms with Gasteiger partial charge in [-0.3, -0.25) is 9.59 Å². The van der Waals surface area contributed by atoms with E-state index in [9.17, 15) is 9.59 Å². The number of rotatable bonds is 5. The molecule has 3 rings (SSSR count). The van der Waals surface area contributed by atoms with Gasteiger partial charge in [0.05, 0.1) is 10.2 Å². The van der Waals surface area contributed by atoms with E-state index in [1.165, 1.54) is 16.9 Å². The highest BCUT2D eigenvalue weighted by molar-refractivity contribution is 7.22. The summed E-state index contributed by atoms with van der Waals surface area (Å²) in [5, 5.41) is 6.26. The molecule has 2 aromatic carbocycles. The number of aryl methyl sites for hydroxylation is 2. The van der Waals surface area contributed by atoms with Gasteiger partial charge in [-0.25, -0.2) is 4.98 Å². The molecule has 0 aliphatic heterocycles. The van der Waals surface area contributed by atoms with Gasteiger partial charge in [0.25, 0.3) is 5.91 Å². The smallest absolute Gasteiger partial charge is 0.251 e. The summed E-state index contributed by atoms with van der Waals surface area (Å²) in [6, 6.07) is 12.8. The third kappa shape index (κ3) is 4.26. The number of carbonyl (C=O) groups excluding carboxylic acids is 2. The minimum atomic E-state index is -0.277. The van der Waals surface area contributed by atoms with Crippen molar-refractivity contribution in [2.24, 2.45) is 0 Å². The number of hydrogen-bond acceptors (Lipinski definition) is 4. The number of amides is 2. The first kappa shape index (κ1) is 18.1. The zero-order valence-corrected chi connectivity index (χ0v) is 15.8. The fourth-order valence-corrected chi connectivity index (χ4v) is 3.88. The summed E-state index contributed by atoms with van der Waals surface area (Å²) in [6.45, 7) is 5.87. The van der Waals surface area contributed by atoms with Gasteiger partial charge in [0.2, 0.25) is 5.91 Å². The number of hydrogen-bond donors (Lipinski definition) is 2. The average molecular weight is 367 g/mol. The van der Waals surface area contributed by atoms with Crippen LogP contribution in [0.15, 0.2) is 42.5 Å². The Morgan fingerprint density at radius 2 is 1.88 bits per heavy atom. The van der Waals surface area contributed by atoms with Gasteiger partial charge in [-0.1, -0.05) is 35.6 Å². The van der Waals surface area contributed by atoms with E-state index in [1.807, 2.05) is 39.0 Å². The van der Waals surface area contributed by atoms with Crippen LogP contribution in [-0.2, 0) is 4.79 Å². The molecule has 0 saturated carbocycles. The largest absolute Gasteiger partial charge is 0.349 e. The molecule has 3 aromatic rings. The van der Waals surface area contributed by atoms with E-state index in [4.69, 9.17) is 0 Å². The summed E-state index contributed by atoms with van der Waals surface area (Å²) in [7, 11) is 0. The Morgan fingerprint density at radius 1 is 1.15 bits per heavy atom. The van der Waals surface area contributed by atoms with Gasteiger partial charge in [0.15, 0.2) is 5.13 Å². The van der Waals surface area contributed by atoms with Crippen LogP contribution in [-0.4, -0.2) is 22.8 Å². The summed E-state index contributed by atoms with van der Waals surface area (Å²) < 4.78 is 1.06. The Balaban J connectivity index is 1.60. The van der Waals surface area contributed by atoms with Gasteiger partial charge in [-0.05, 0) is 50.1 Å². The van der Waals surface area contributed by atoms with Crippen molar-refractivity contribution in [2.75, 3.05) is 5.32 Å². The Hall–Kier alpha value is -2.73. The molecule has 134 valence electrons. The monoisotopic (exact) mass is 367 g/mol. The number of carbonyl (C=O) groups is 2. The van der Waals surface area contributed by atoms with E-state index >= 15 is 0 Å². The number of benzene rings is 2. The van der Waals surface area contributed by atoms with Crippen LogP contribution in [0.1, 0.15) is 34.8 Å². The highest BCUT2D eigenvalue weighted by atomic mass is 32.1. The molecule has 26 heavy (non-hydrogen) atoms. The fraction of sp³-hybridized carbons (Fsp3) is 0.250. The number of anilines is 1. The van der Waals surface area contributed by atoms with E-state index in [-0.39, 0.29) is 24.3 Å². The molecule has 1 heterocycles. The van der Waals surface area contributed by atoms with Crippen molar-refractivity contribution < 1.29 is 9.59 Å². The van der Waals surface area contributed by atoms with Gasteiger partial charge < -0.3 is 10.6 Å². The van der Waals surface area contributed by atoms with Gasteiger partial charge in [-0.2, -0.15) is 0 Å². The predicted octanol–water partition coefficient (Wildman–Crippen LogP) is 4.06. The van der Waals surface area contributed by atoms with Crippen molar-refractivity contribution >= 4 is 38.5 Å². The second-order valence-corrected chi connectivity index (χ2v) is 7.47. The van der Waals surface area contributed by atoms with Crippen LogP contribution in [0.4, 0.5) is 5.13 Å². The van der Waals surface area contributed by atoms with Crippen LogP contribution >= 0.6 is 11.3 Å². The lowest BCUT2D eigenvalue weighted by molar-refractivity contribution is -0.116. The molecule has 0 saturated heterocycles. The number of aromatic nitrogens is 1. The van der Waals surface area contributed by atoms with Crippen molar-refractivity contribution in [3.05, 3.63) is 59.2 Å². The third-order valence-electron chi connectivity index (χ3n) is 3.98. The van der Waals surface area contributed by atoms with Crippen LogP contribution in [0, 0.1) is 13.8 Å². The molecule has 0 radical (unpaired) electrons. The topological polar surface area (TPSA) is 71.1 Å². The molecular formula is C20H21N3O2S. The van der Waals surface area contributed by atoms with Crippen LogP contribution in [0.3, 0.4) is 0 Å². The van der Waals surface area contributed by atoms with Gasteiger partial charge in [0, 0.05) is 18.0 Å². The Kier molecular flexibility index (Phi) is 5.32. The molecule has 5 nitrogen and oxygen atoms in total.